The zero-order chi connectivity index (χ0) is 10.6. The number of aryl methyl sites for hydroxylation is 1. The molecule has 1 rings (SSSR count). The van der Waals surface area contributed by atoms with Gasteiger partial charge in [0.15, 0.2) is 0 Å². The van der Waals surface area contributed by atoms with Crippen molar-refractivity contribution in [2.75, 3.05) is 11.9 Å². The van der Waals surface area contributed by atoms with Crippen LogP contribution in [-0.2, 0) is 0 Å². The number of anilines is 1. The van der Waals surface area contributed by atoms with Crippen molar-refractivity contribution in [2.45, 2.75) is 13.3 Å². The van der Waals surface area contributed by atoms with E-state index >= 15 is 0 Å². The van der Waals surface area contributed by atoms with Gasteiger partial charge in [-0.25, -0.2) is 0 Å². The Morgan fingerprint density at radius 1 is 1.57 bits per heavy atom. The summed E-state index contributed by atoms with van der Waals surface area (Å²) < 4.78 is 0. The predicted octanol–water partition coefficient (Wildman–Crippen LogP) is 2.74. The van der Waals surface area contributed by atoms with Crippen molar-refractivity contribution in [1.82, 2.24) is 0 Å². The number of nitrogens with two attached hydrogens (primary N) is 1. The van der Waals surface area contributed by atoms with Crippen LogP contribution in [0.3, 0.4) is 0 Å². The SMILES string of the molecule is Cc1ccc(Cl)cc1NCCC(N)=S. The maximum atomic E-state index is 5.87. The number of benzene rings is 1. The first kappa shape index (κ1) is 11.3. The summed E-state index contributed by atoms with van der Waals surface area (Å²) in [6, 6.07) is 5.75. The molecule has 1 aromatic carbocycles. The number of hydrogen-bond acceptors (Lipinski definition) is 2. The van der Waals surface area contributed by atoms with Crippen LogP contribution >= 0.6 is 23.8 Å². The predicted molar refractivity (Wildman–Crippen MR) is 66.1 cm³/mol. The maximum Gasteiger partial charge on any atom is 0.0745 e. The molecule has 0 atom stereocenters. The van der Waals surface area contributed by atoms with Gasteiger partial charge in [0, 0.05) is 23.7 Å². The molecular weight excluding hydrogens is 216 g/mol. The third-order valence-corrected chi connectivity index (χ3v) is 2.33. The molecule has 4 heteroatoms. The molecule has 0 aliphatic carbocycles. The molecule has 0 aliphatic heterocycles. The second kappa shape index (κ2) is 5.17. The zero-order valence-corrected chi connectivity index (χ0v) is 9.58. The molecule has 0 aliphatic rings. The van der Waals surface area contributed by atoms with Gasteiger partial charge < -0.3 is 11.1 Å². The normalized spacial score (nSPS) is 9.86. The first-order valence-corrected chi connectivity index (χ1v) is 5.16. The minimum Gasteiger partial charge on any atom is -0.393 e. The fraction of sp³-hybridized carbons (Fsp3) is 0.300. The van der Waals surface area contributed by atoms with Gasteiger partial charge in [-0.1, -0.05) is 29.9 Å². The molecule has 0 fully saturated rings. The van der Waals surface area contributed by atoms with E-state index in [1.165, 1.54) is 0 Å². The first-order chi connectivity index (χ1) is 6.59. The summed E-state index contributed by atoms with van der Waals surface area (Å²) in [5, 5.41) is 3.96. The van der Waals surface area contributed by atoms with E-state index in [1.807, 2.05) is 25.1 Å². The largest absolute Gasteiger partial charge is 0.393 e. The van der Waals surface area contributed by atoms with Crippen molar-refractivity contribution in [2.24, 2.45) is 5.73 Å². The molecule has 0 aromatic heterocycles. The van der Waals surface area contributed by atoms with Gasteiger partial charge in [0.05, 0.1) is 4.99 Å². The molecule has 1 aromatic rings. The van der Waals surface area contributed by atoms with Crippen LogP contribution in [0, 0.1) is 6.92 Å². The van der Waals surface area contributed by atoms with Gasteiger partial charge in [0.25, 0.3) is 0 Å². The van der Waals surface area contributed by atoms with Crippen LogP contribution in [-0.4, -0.2) is 11.5 Å². The van der Waals surface area contributed by atoms with E-state index in [0.717, 1.165) is 22.8 Å². The van der Waals surface area contributed by atoms with Crippen LogP contribution in [0.4, 0.5) is 5.69 Å². The van der Waals surface area contributed by atoms with E-state index < -0.39 is 0 Å². The lowest BCUT2D eigenvalue weighted by atomic mass is 10.2. The molecule has 0 heterocycles. The van der Waals surface area contributed by atoms with Gasteiger partial charge in [0.2, 0.25) is 0 Å². The van der Waals surface area contributed by atoms with E-state index in [2.05, 4.69) is 5.32 Å². The second-order valence-corrected chi connectivity index (χ2v) is 4.06. The lowest BCUT2D eigenvalue weighted by molar-refractivity contribution is 1.10. The van der Waals surface area contributed by atoms with Crippen LogP contribution in [0.25, 0.3) is 0 Å². The Morgan fingerprint density at radius 3 is 2.93 bits per heavy atom. The fourth-order valence-corrected chi connectivity index (χ4v) is 1.38. The number of halogens is 1. The average Bonchev–Trinajstić information content (AvgIpc) is 2.10. The second-order valence-electron chi connectivity index (χ2n) is 3.10. The summed E-state index contributed by atoms with van der Waals surface area (Å²) in [6.45, 7) is 2.77. The molecule has 0 unspecified atom stereocenters. The van der Waals surface area contributed by atoms with Gasteiger partial charge in [-0.2, -0.15) is 0 Å². The monoisotopic (exact) mass is 228 g/mol. The van der Waals surface area contributed by atoms with E-state index in [4.69, 9.17) is 29.6 Å². The third-order valence-electron chi connectivity index (χ3n) is 1.89. The highest BCUT2D eigenvalue weighted by molar-refractivity contribution is 7.80. The number of thiocarbonyl (C=S) groups is 1. The molecule has 2 nitrogen and oxygen atoms in total. The molecule has 0 radical (unpaired) electrons. The van der Waals surface area contributed by atoms with Crippen molar-refractivity contribution in [3.05, 3.63) is 28.8 Å². The zero-order valence-electron chi connectivity index (χ0n) is 8.01. The van der Waals surface area contributed by atoms with Crippen molar-refractivity contribution in [1.29, 1.82) is 0 Å². The highest BCUT2D eigenvalue weighted by atomic mass is 35.5. The van der Waals surface area contributed by atoms with Gasteiger partial charge in [-0.3, -0.25) is 0 Å². The van der Waals surface area contributed by atoms with Crippen LogP contribution in [0.1, 0.15) is 12.0 Å². The summed E-state index contributed by atoms with van der Waals surface area (Å²) in [4.78, 5) is 0.525. The quantitative estimate of drug-likeness (QED) is 0.779. The van der Waals surface area contributed by atoms with Gasteiger partial charge >= 0.3 is 0 Å². The molecule has 0 saturated carbocycles. The Morgan fingerprint density at radius 2 is 2.29 bits per heavy atom. The lowest BCUT2D eigenvalue weighted by Gasteiger charge is -2.09. The Labute approximate surface area is 94.4 Å². The summed E-state index contributed by atoms with van der Waals surface area (Å²) in [5.74, 6) is 0. The summed E-state index contributed by atoms with van der Waals surface area (Å²) in [6.07, 6.45) is 0.696. The molecular formula is C10H13ClN2S. The highest BCUT2D eigenvalue weighted by Crippen LogP contribution is 2.19. The molecule has 0 saturated heterocycles. The van der Waals surface area contributed by atoms with Crippen molar-refractivity contribution in [3.63, 3.8) is 0 Å². The lowest BCUT2D eigenvalue weighted by Crippen LogP contribution is -2.14. The molecule has 0 spiro atoms. The van der Waals surface area contributed by atoms with E-state index in [-0.39, 0.29) is 0 Å². The van der Waals surface area contributed by atoms with Crippen LogP contribution in [0.15, 0.2) is 18.2 Å². The standard InChI is InChI=1S/C10H13ClN2S/c1-7-2-3-8(11)6-9(7)13-5-4-10(12)14/h2-3,6,13H,4-5H2,1H3,(H2,12,14). The summed E-state index contributed by atoms with van der Waals surface area (Å²) >= 11 is 10.6. The Bertz CT molecular complexity index is 339. The smallest absolute Gasteiger partial charge is 0.0745 e. The van der Waals surface area contributed by atoms with Crippen molar-refractivity contribution >= 4 is 34.5 Å². The number of nitrogens with one attached hydrogen (secondary N) is 1. The Hall–Kier alpha value is -0.800. The molecule has 0 bridgehead atoms. The first-order valence-electron chi connectivity index (χ1n) is 4.38. The summed E-state index contributed by atoms with van der Waals surface area (Å²) in [5.41, 5.74) is 7.59. The summed E-state index contributed by atoms with van der Waals surface area (Å²) in [7, 11) is 0. The maximum absolute atomic E-state index is 5.87. The van der Waals surface area contributed by atoms with Crippen LogP contribution in [0.2, 0.25) is 5.02 Å². The van der Waals surface area contributed by atoms with E-state index in [1.54, 1.807) is 0 Å². The van der Waals surface area contributed by atoms with Crippen LogP contribution < -0.4 is 11.1 Å². The fourth-order valence-electron chi connectivity index (χ4n) is 1.11. The average molecular weight is 229 g/mol. The molecule has 0 amide bonds. The Kier molecular flexibility index (Phi) is 4.17. The number of rotatable bonds is 4. The minimum atomic E-state index is 0.525. The minimum absolute atomic E-state index is 0.525. The topological polar surface area (TPSA) is 38.0 Å². The van der Waals surface area contributed by atoms with Crippen molar-refractivity contribution < 1.29 is 0 Å². The van der Waals surface area contributed by atoms with Crippen molar-refractivity contribution in [3.8, 4) is 0 Å². The van der Waals surface area contributed by atoms with E-state index in [0.29, 0.717) is 11.4 Å². The molecule has 3 N–H and O–H groups in total. The van der Waals surface area contributed by atoms with Gasteiger partial charge in [-0.15, -0.1) is 0 Å². The molecule has 76 valence electrons. The number of hydrogen-bond donors (Lipinski definition) is 2. The molecule has 14 heavy (non-hydrogen) atoms. The van der Waals surface area contributed by atoms with Gasteiger partial charge in [0.1, 0.15) is 0 Å². The third kappa shape index (κ3) is 3.52. The Balaban J connectivity index is 2.57. The van der Waals surface area contributed by atoms with Gasteiger partial charge in [-0.05, 0) is 24.6 Å². The van der Waals surface area contributed by atoms with E-state index in [9.17, 15) is 0 Å². The highest BCUT2D eigenvalue weighted by Gasteiger charge is 1.98. The van der Waals surface area contributed by atoms with Crippen LogP contribution in [0.5, 0.6) is 0 Å².